The lowest BCUT2D eigenvalue weighted by Gasteiger charge is -2.26. The van der Waals surface area contributed by atoms with E-state index in [1.165, 1.54) is 83.8 Å². The highest BCUT2D eigenvalue weighted by Gasteiger charge is 2.30. The molecule has 0 bridgehead atoms. The van der Waals surface area contributed by atoms with Crippen molar-refractivity contribution in [2.45, 2.75) is 85.5 Å². The molecule has 12 aromatic rings. The molecule has 3 aliphatic heterocycles. The Balaban J connectivity index is 0.000000141. The summed E-state index contributed by atoms with van der Waals surface area (Å²) >= 11 is 11.9. The minimum Gasteiger partial charge on any atom is -0.478 e. The summed E-state index contributed by atoms with van der Waals surface area (Å²) in [6.45, 7) is 12.9. The average molecular weight is 1650 g/mol. The van der Waals surface area contributed by atoms with Crippen LogP contribution in [0.1, 0.15) is 163 Å². The second kappa shape index (κ2) is 37.4. The Labute approximate surface area is 676 Å². The second-order valence-corrected chi connectivity index (χ2v) is 30.6. The highest BCUT2D eigenvalue weighted by atomic mass is 35.5. The van der Waals surface area contributed by atoms with Crippen LogP contribution in [0.25, 0.3) is 44.6 Å². The summed E-state index contributed by atoms with van der Waals surface area (Å²) in [5, 5.41) is 61.6. The summed E-state index contributed by atoms with van der Waals surface area (Å²) in [6.07, 6.45) is 27.1. The SMILES string of the molecule is Cc1nc(N2CCCCC2)ncc1-c1csc(NC(=O)c2cccnc2)c1C(=O)O.Cc1nc(N2CCCCC2)ncc1-c1csc(NC(=O)c2cnn(C)c2Cl)c1C(=O)O.Cc1nc(N2CCCCC2)ncc1-c1csc(NC(=O)c2scnc2C)c1C(=O)O.O=C(Nc1scc(-c2cnccn2)c1C(=O)O)c1cccnc1. The van der Waals surface area contributed by atoms with Crippen molar-refractivity contribution < 1.29 is 58.8 Å². The molecule has 8 N–H and O–H groups in total. The first-order valence-electron chi connectivity index (χ1n) is 35.6. The Hall–Kier alpha value is -12.3. The van der Waals surface area contributed by atoms with E-state index in [-0.39, 0.29) is 58.9 Å². The van der Waals surface area contributed by atoms with E-state index in [1.807, 2.05) is 20.8 Å². The third kappa shape index (κ3) is 19.1. The van der Waals surface area contributed by atoms with Gasteiger partial charge in [0.25, 0.3) is 23.6 Å². The zero-order valence-corrected chi connectivity index (χ0v) is 66.6. The molecule has 0 spiro atoms. The van der Waals surface area contributed by atoms with E-state index in [9.17, 15) is 58.8 Å². The molecule has 32 nitrogen and oxygen atoms in total. The van der Waals surface area contributed by atoms with Gasteiger partial charge in [0.2, 0.25) is 17.8 Å². The van der Waals surface area contributed by atoms with E-state index in [0.29, 0.717) is 101 Å². The first-order chi connectivity index (χ1) is 55.0. The maximum atomic E-state index is 12.6. The highest BCUT2D eigenvalue weighted by molar-refractivity contribution is 7.16. The van der Waals surface area contributed by atoms with Crippen molar-refractivity contribution in [3.05, 3.63) is 191 Å². The van der Waals surface area contributed by atoms with Crippen LogP contribution in [0.15, 0.2) is 119 Å². The number of amides is 4. The van der Waals surface area contributed by atoms with Crippen molar-refractivity contribution in [2.75, 3.05) is 75.2 Å². The van der Waals surface area contributed by atoms with Crippen molar-refractivity contribution in [1.82, 2.24) is 64.6 Å². The monoisotopic (exact) mass is 1650 g/mol. The van der Waals surface area contributed by atoms with Gasteiger partial charge in [0, 0.05) is 163 Å². The Bertz CT molecular complexity index is 5530. The predicted molar refractivity (Wildman–Crippen MR) is 437 cm³/mol. The van der Waals surface area contributed by atoms with Crippen LogP contribution >= 0.6 is 68.3 Å². The number of aromatic carboxylic acids is 4. The summed E-state index contributed by atoms with van der Waals surface area (Å²) in [5.74, 6) is -4.23. The van der Waals surface area contributed by atoms with Gasteiger partial charge in [-0.15, -0.1) is 56.7 Å². The van der Waals surface area contributed by atoms with E-state index in [4.69, 9.17) is 11.6 Å². The molecule has 15 rings (SSSR count). The molecule has 3 aliphatic rings. The number of pyridine rings is 2. The number of aromatic nitrogens is 13. The number of halogens is 1. The lowest BCUT2D eigenvalue weighted by molar-refractivity contribution is 0.0688. The minimum absolute atomic E-state index is 0.00390. The lowest BCUT2D eigenvalue weighted by Crippen LogP contribution is -2.31. The Kier molecular flexibility index (Phi) is 26.6. The third-order valence-electron chi connectivity index (χ3n) is 18.4. The summed E-state index contributed by atoms with van der Waals surface area (Å²) in [4.78, 5) is 152. The maximum Gasteiger partial charge on any atom is 0.339 e. The highest BCUT2D eigenvalue weighted by Crippen LogP contribution is 2.42. The van der Waals surface area contributed by atoms with Gasteiger partial charge in [-0.05, 0) is 110 Å². The molecule has 4 amide bonds. The van der Waals surface area contributed by atoms with Crippen molar-refractivity contribution in [3.63, 3.8) is 0 Å². The number of thiophene rings is 4. The molecule has 3 fully saturated rings. The Morgan fingerprint density at radius 2 is 0.763 bits per heavy atom. The number of hydrogen-bond donors (Lipinski definition) is 8. The summed E-state index contributed by atoms with van der Waals surface area (Å²) < 4.78 is 1.36. The number of aryl methyl sites for hydroxylation is 5. The van der Waals surface area contributed by atoms with Crippen LogP contribution in [0.4, 0.5) is 37.8 Å². The number of piperidine rings is 3. The molecular weight excluding hydrogens is 1580 g/mol. The molecule has 0 radical (unpaired) electrons. The first kappa shape index (κ1) is 81.2. The maximum absolute atomic E-state index is 12.6. The Morgan fingerprint density at radius 3 is 1.09 bits per heavy atom. The molecule has 0 unspecified atom stereocenters. The number of nitrogens with zero attached hydrogens (tertiary/aromatic N) is 16. The van der Waals surface area contributed by atoms with Crippen LogP contribution < -0.4 is 36.0 Å². The van der Waals surface area contributed by atoms with Gasteiger partial charge >= 0.3 is 23.9 Å². The number of carboxylic acid groups (broad SMARTS) is 4. The molecule has 12 aromatic heterocycles. The standard InChI is InChI=1S/C21H21N5O3S.C20H21ClN6O3S.C20H21N5O3S2.C15H10N4O3S/c1-13-15(11-23-21(24-13)26-8-3-2-4-9-26)16-12-30-19(17(16)20(28)29)25-18(27)14-6-5-7-22-10-14;1-11-12(8-22-20(24-11)27-6-4-3-5-7-27)14-10-31-18(15(14)19(29)30)25-17(28)13-9-23-26(2)16(13)21;1-11-13(8-21-20(23-11)25-6-4-3-5-7-25)14-9-29-18(15(14)19(27)28)24-17(26)16-12(2)22-10-30-16;20-13(9-2-1-3-16-6-9)19-14-12(15(21)22)10(8-23-14)11-7-17-4-5-18-11/h5-7,10-12H,2-4,8-9H2,1H3,(H,25,27)(H,28,29);8-10H,3-7H2,1-2H3,(H,25,28)(H,29,30);8-10H,3-7H2,1-2H3,(H,24,26)(H,27,28);1-8H,(H,19,20)(H,21,22). The molecular formula is C76H73ClN20O12S5. The summed E-state index contributed by atoms with van der Waals surface area (Å²) in [7, 11) is 1.61. The van der Waals surface area contributed by atoms with Gasteiger partial charge in [0.05, 0.1) is 63.1 Å². The van der Waals surface area contributed by atoms with Crippen LogP contribution in [0.5, 0.6) is 0 Å². The van der Waals surface area contributed by atoms with Crippen LogP contribution in [-0.4, -0.2) is 172 Å². The topological polar surface area (TPSA) is 435 Å². The first-order valence-corrected chi connectivity index (χ1v) is 40.4. The predicted octanol–water partition coefficient (Wildman–Crippen LogP) is 14.5. The van der Waals surface area contributed by atoms with Crippen LogP contribution in [-0.2, 0) is 7.05 Å². The van der Waals surface area contributed by atoms with Gasteiger partial charge in [-0.25, -0.2) is 54.1 Å². The number of thiazole rings is 1. The van der Waals surface area contributed by atoms with E-state index in [0.717, 1.165) is 112 Å². The average Bonchev–Trinajstić information content (AvgIpc) is 1.59. The number of nitrogens with one attached hydrogen (secondary N) is 4. The molecule has 0 saturated carbocycles. The molecule has 0 aromatic carbocycles. The summed E-state index contributed by atoms with van der Waals surface area (Å²) in [6, 6.07) is 6.50. The van der Waals surface area contributed by atoms with E-state index >= 15 is 0 Å². The number of anilines is 7. The smallest absolute Gasteiger partial charge is 0.339 e. The number of carbonyl (C=O) groups is 8. The third-order valence-corrected chi connectivity index (χ3v) is 23.3. The zero-order chi connectivity index (χ0) is 80.7. The van der Waals surface area contributed by atoms with Crippen LogP contribution in [0, 0.1) is 27.7 Å². The van der Waals surface area contributed by atoms with Gasteiger partial charge < -0.3 is 56.4 Å². The van der Waals surface area contributed by atoms with Crippen LogP contribution in [0.2, 0.25) is 5.15 Å². The lowest BCUT2D eigenvalue weighted by atomic mass is 10.0. The number of rotatable bonds is 19. The fourth-order valence-corrected chi connectivity index (χ4v) is 17.2. The molecule has 38 heteroatoms. The molecule has 15 heterocycles. The largest absolute Gasteiger partial charge is 0.478 e. The zero-order valence-electron chi connectivity index (χ0n) is 61.8. The Morgan fingerprint density at radius 1 is 0.395 bits per heavy atom. The summed E-state index contributed by atoms with van der Waals surface area (Å²) in [5.41, 5.74) is 9.48. The molecule has 114 heavy (non-hydrogen) atoms. The van der Waals surface area contributed by atoms with Gasteiger partial charge in [0.1, 0.15) is 52.3 Å². The van der Waals surface area contributed by atoms with Gasteiger partial charge in [-0.2, -0.15) is 5.10 Å². The van der Waals surface area contributed by atoms with Crippen LogP contribution in [0.3, 0.4) is 0 Å². The number of hydrogen-bond acceptors (Lipinski definition) is 28. The van der Waals surface area contributed by atoms with Gasteiger partial charge in [0.15, 0.2) is 0 Å². The van der Waals surface area contributed by atoms with E-state index < -0.39 is 41.6 Å². The molecule has 3 saturated heterocycles. The number of carbonyl (C=O) groups excluding carboxylic acids is 4. The second-order valence-electron chi connectivity index (χ2n) is 25.9. The fraction of sp³-hybridized carbons (Fsp3) is 0.263. The molecule has 0 atom stereocenters. The van der Waals surface area contributed by atoms with E-state index in [2.05, 4.69) is 95.9 Å². The fourth-order valence-electron chi connectivity index (χ4n) is 12.5. The number of carboxylic acids is 4. The van der Waals surface area contributed by atoms with Crippen molar-refractivity contribution in [3.8, 4) is 44.6 Å². The van der Waals surface area contributed by atoms with Crippen molar-refractivity contribution in [2.24, 2.45) is 7.05 Å². The van der Waals surface area contributed by atoms with Crippen molar-refractivity contribution in [1.29, 1.82) is 0 Å². The van der Waals surface area contributed by atoms with Gasteiger partial charge in [-0.3, -0.25) is 43.8 Å². The van der Waals surface area contributed by atoms with Gasteiger partial charge in [-0.1, -0.05) is 11.6 Å². The molecule has 0 aliphatic carbocycles. The quantitative estimate of drug-likeness (QED) is 0.0373. The minimum atomic E-state index is -1.15. The van der Waals surface area contributed by atoms with E-state index in [1.54, 1.807) is 96.3 Å². The molecule has 586 valence electrons. The van der Waals surface area contributed by atoms with Crippen molar-refractivity contribution >= 4 is 154 Å². The normalized spacial score (nSPS) is 13.2.